The molecule has 1 N–H and O–H groups in total. The zero-order chi connectivity index (χ0) is 17.1. The predicted octanol–water partition coefficient (Wildman–Crippen LogP) is 3.12. The van der Waals surface area contributed by atoms with E-state index in [2.05, 4.69) is 10.1 Å². The smallest absolute Gasteiger partial charge is 0.314 e. The Bertz CT molecular complexity index is 744. The van der Waals surface area contributed by atoms with Gasteiger partial charge in [-0.05, 0) is 43.7 Å². The van der Waals surface area contributed by atoms with E-state index in [4.69, 9.17) is 4.74 Å². The van der Waals surface area contributed by atoms with E-state index in [0.29, 0.717) is 18.1 Å². The molecule has 3 rings (SSSR count). The van der Waals surface area contributed by atoms with Gasteiger partial charge in [0.1, 0.15) is 17.5 Å². The molecule has 0 radical (unpaired) electrons. The molecule has 1 aromatic carbocycles. The second kappa shape index (κ2) is 6.70. The van der Waals surface area contributed by atoms with Gasteiger partial charge in [-0.3, -0.25) is 4.79 Å². The van der Waals surface area contributed by atoms with E-state index in [0.717, 1.165) is 11.3 Å². The van der Waals surface area contributed by atoms with Crippen LogP contribution in [0.4, 0.5) is 5.82 Å². The maximum Gasteiger partial charge on any atom is 0.314 e. The predicted molar refractivity (Wildman–Crippen MR) is 91.3 cm³/mol. The molecule has 1 aromatic heterocycles. The number of hydrogen-bond donors (Lipinski definition) is 1. The Kier molecular flexibility index (Phi) is 4.46. The molecule has 0 spiro atoms. The van der Waals surface area contributed by atoms with Gasteiger partial charge in [-0.15, -0.1) is 0 Å². The largest absolute Gasteiger partial charge is 0.494 e. The number of nitrogens with zero attached hydrogens (tertiary/aromatic N) is 3. The van der Waals surface area contributed by atoms with Gasteiger partial charge in [0.2, 0.25) is 0 Å². The number of carboxylic acids is 1. The molecule has 2 aromatic rings. The van der Waals surface area contributed by atoms with Gasteiger partial charge in [-0.2, -0.15) is 5.10 Å². The second-order valence-electron chi connectivity index (χ2n) is 5.54. The minimum atomic E-state index is -0.895. The Balaban J connectivity index is 2.00. The van der Waals surface area contributed by atoms with Gasteiger partial charge in [0.25, 0.3) is 0 Å². The normalized spacial score (nSPS) is 19.9. The molecular weight excluding hydrogens is 306 g/mol. The van der Waals surface area contributed by atoms with Crippen molar-refractivity contribution >= 4 is 17.5 Å². The van der Waals surface area contributed by atoms with Gasteiger partial charge in [-0.1, -0.05) is 18.2 Å². The summed E-state index contributed by atoms with van der Waals surface area (Å²) in [4.78, 5) is 16.1. The molecule has 0 bridgehead atoms. The fourth-order valence-electron chi connectivity index (χ4n) is 2.92. The first kappa shape index (κ1) is 16.0. The summed E-state index contributed by atoms with van der Waals surface area (Å²) in [6.45, 7) is 4.25. The van der Waals surface area contributed by atoms with Gasteiger partial charge in [0.15, 0.2) is 0 Å². The second-order valence-corrected chi connectivity index (χ2v) is 5.54. The highest BCUT2D eigenvalue weighted by Gasteiger charge is 2.42. The third-order valence-electron chi connectivity index (χ3n) is 3.98. The number of pyridine rings is 1. The van der Waals surface area contributed by atoms with Crippen LogP contribution in [0.2, 0.25) is 0 Å². The molecule has 2 atom stereocenters. The number of anilines is 1. The fraction of sp³-hybridized carbons (Fsp3) is 0.278. The first-order valence-electron chi connectivity index (χ1n) is 7.82. The van der Waals surface area contributed by atoms with E-state index in [1.165, 1.54) is 0 Å². The number of ether oxygens (including phenoxy) is 1. The average Bonchev–Trinajstić information content (AvgIpc) is 2.94. The number of hydrogen-bond acceptors (Lipinski definition) is 5. The van der Waals surface area contributed by atoms with Gasteiger partial charge in [-0.25, -0.2) is 9.99 Å². The van der Waals surface area contributed by atoms with Gasteiger partial charge in [0, 0.05) is 6.20 Å². The van der Waals surface area contributed by atoms with Crippen LogP contribution in [0.25, 0.3) is 0 Å². The first-order chi connectivity index (χ1) is 11.6. The highest BCUT2D eigenvalue weighted by atomic mass is 16.5. The highest BCUT2D eigenvalue weighted by molar-refractivity contribution is 6.03. The number of carbonyl (C=O) groups is 1. The number of hydrazone groups is 1. The van der Waals surface area contributed by atoms with E-state index >= 15 is 0 Å². The van der Waals surface area contributed by atoms with Crippen molar-refractivity contribution in [3.05, 3.63) is 54.2 Å². The van der Waals surface area contributed by atoms with Crippen molar-refractivity contribution < 1.29 is 14.6 Å². The van der Waals surface area contributed by atoms with Crippen molar-refractivity contribution in [3.63, 3.8) is 0 Å². The van der Waals surface area contributed by atoms with E-state index in [1.54, 1.807) is 18.1 Å². The van der Waals surface area contributed by atoms with Crippen molar-refractivity contribution in [2.45, 2.75) is 19.9 Å². The molecule has 0 saturated carbocycles. The van der Waals surface area contributed by atoms with E-state index in [-0.39, 0.29) is 0 Å². The van der Waals surface area contributed by atoms with Crippen molar-refractivity contribution in [2.24, 2.45) is 11.0 Å². The zero-order valence-corrected chi connectivity index (χ0v) is 13.6. The first-order valence-corrected chi connectivity index (χ1v) is 7.82. The van der Waals surface area contributed by atoms with Crippen LogP contribution in [-0.2, 0) is 4.79 Å². The molecule has 124 valence electrons. The summed E-state index contributed by atoms with van der Waals surface area (Å²) in [5, 5.41) is 15.8. The quantitative estimate of drug-likeness (QED) is 0.914. The van der Waals surface area contributed by atoms with Crippen molar-refractivity contribution in [1.82, 2.24) is 4.98 Å². The van der Waals surface area contributed by atoms with Crippen molar-refractivity contribution in [2.75, 3.05) is 11.6 Å². The third kappa shape index (κ3) is 2.95. The van der Waals surface area contributed by atoms with Crippen LogP contribution >= 0.6 is 0 Å². The number of aromatic nitrogens is 1. The van der Waals surface area contributed by atoms with Crippen LogP contribution in [0.3, 0.4) is 0 Å². The van der Waals surface area contributed by atoms with Crippen LogP contribution in [0.1, 0.15) is 25.5 Å². The zero-order valence-electron chi connectivity index (χ0n) is 13.6. The molecule has 6 heteroatoms. The maximum atomic E-state index is 11.8. The Hall–Kier alpha value is -2.89. The number of carboxylic acid groups (broad SMARTS) is 1. The molecule has 2 unspecified atom stereocenters. The molecule has 0 fully saturated rings. The third-order valence-corrected chi connectivity index (χ3v) is 3.98. The minimum absolute atomic E-state index is 0.437. The lowest BCUT2D eigenvalue weighted by atomic mass is 9.90. The SMILES string of the molecule is CCOc1ccc(C2C(C(=O)O)C(C)=NN2c2ccccn2)cc1. The molecule has 24 heavy (non-hydrogen) atoms. The van der Waals surface area contributed by atoms with E-state index < -0.39 is 17.9 Å². The molecule has 1 aliphatic heterocycles. The van der Waals surface area contributed by atoms with Crippen molar-refractivity contribution in [3.8, 4) is 5.75 Å². The van der Waals surface area contributed by atoms with Crippen molar-refractivity contribution in [1.29, 1.82) is 0 Å². The van der Waals surface area contributed by atoms with E-state index in [1.807, 2.05) is 49.4 Å². The topological polar surface area (TPSA) is 75.0 Å². The molecule has 0 saturated heterocycles. The Morgan fingerprint density at radius 2 is 2.00 bits per heavy atom. The standard InChI is InChI=1S/C18H19N3O3/c1-3-24-14-9-7-13(8-10-14)17-16(18(22)23)12(2)20-21(17)15-6-4-5-11-19-15/h4-11,16-17H,3H2,1-2H3,(H,22,23). The molecule has 0 aliphatic carbocycles. The Labute approximate surface area is 140 Å². The minimum Gasteiger partial charge on any atom is -0.494 e. The van der Waals surface area contributed by atoms with Crippen LogP contribution < -0.4 is 9.75 Å². The monoisotopic (exact) mass is 325 g/mol. The maximum absolute atomic E-state index is 11.8. The summed E-state index contributed by atoms with van der Waals surface area (Å²) in [6, 6.07) is 12.5. The molecular formula is C18H19N3O3. The van der Waals surface area contributed by atoms with Crippen LogP contribution in [0, 0.1) is 5.92 Å². The molecule has 0 amide bonds. The lowest BCUT2D eigenvalue weighted by Crippen LogP contribution is -2.30. The summed E-state index contributed by atoms with van der Waals surface area (Å²) in [6.07, 6.45) is 1.67. The average molecular weight is 325 g/mol. The molecule has 6 nitrogen and oxygen atoms in total. The number of benzene rings is 1. The summed E-state index contributed by atoms with van der Waals surface area (Å²) >= 11 is 0. The lowest BCUT2D eigenvalue weighted by Gasteiger charge is -2.26. The highest BCUT2D eigenvalue weighted by Crippen LogP contribution is 2.38. The summed E-state index contributed by atoms with van der Waals surface area (Å²) in [5.74, 6) is -0.230. The fourth-order valence-corrected chi connectivity index (χ4v) is 2.92. The summed E-state index contributed by atoms with van der Waals surface area (Å²) < 4.78 is 5.46. The van der Waals surface area contributed by atoms with Crippen LogP contribution in [0.5, 0.6) is 5.75 Å². The van der Waals surface area contributed by atoms with Gasteiger partial charge in [0.05, 0.1) is 18.4 Å². The van der Waals surface area contributed by atoms with Crippen LogP contribution in [-0.4, -0.2) is 28.4 Å². The van der Waals surface area contributed by atoms with Gasteiger partial charge < -0.3 is 9.84 Å². The Morgan fingerprint density at radius 1 is 1.25 bits per heavy atom. The van der Waals surface area contributed by atoms with E-state index in [9.17, 15) is 9.90 Å². The molecule has 1 aliphatic rings. The summed E-state index contributed by atoms with van der Waals surface area (Å²) in [5.41, 5.74) is 1.42. The van der Waals surface area contributed by atoms with Gasteiger partial charge >= 0.3 is 5.97 Å². The number of rotatable bonds is 5. The number of aliphatic carboxylic acids is 1. The molecule has 2 heterocycles. The Morgan fingerprint density at radius 3 is 2.58 bits per heavy atom. The lowest BCUT2D eigenvalue weighted by molar-refractivity contribution is -0.139. The summed E-state index contributed by atoms with van der Waals surface area (Å²) in [7, 11) is 0. The van der Waals surface area contributed by atoms with Crippen LogP contribution in [0.15, 0.2) is 53.8 Å².